The molecule has 3 rings (SSSR count). The van der Waals surface area contributed by atoms with Crippen LogP contribution in [0.3, 0.4) is 0 Å². The zero-order chi connectivity index (χ0) is 17.5. The number of para-hydroxylation sites is 2. The van der Waals surface area contributed by atoms with E-state index in [1.54, 1.807) is 0 Å². The molecule has 25 heavy (non-hydrogen) atoms. The summed E-state index contributed by atoms with van der Waals surface area (Å²) in [6, 6.07) is 28.7. The first-order valence-corrected chi connectivity index (χ1v) is 8.56. The molecule has 0 N–H and O–H groups in total. The Morgan fingerprint density at radius 2 is 1.20 bits per heavy atom. The molecule has 0 aliphatic heterocycles. The van der Waals surface area contributed by atoms with Crippen molar-refractivity contribution in [2.75, 3.05) is 11.5 Å². The standard InChI is InChI=1S/C22H23NO2/c1-3-24-18(2)25-22-16-14-21(15-17-22)23(19-10-6-4-7-11-19)20-12-8-5-9-13-20/h4-18H,3H2,1-2H3. The number of benzene rings is 3. The maximum Gasteiger partial charge on any atom is 0.196 e. The fourth-order valence-corrected chi connectivity index (χ4v) is 2.74. The minimum atomic E-state index is -0.254. The number of nitrogens with zero attached hydrogens (tertiary/aromatic N) is 1. The van der Waals surface area contributed by atoms with Crippen LogP contribution in [0, 0.1) is 0 Å². The smallest absolute Gasteiger partial charge is 0.196 e. The average Bonchev–Trinajstić information content (AvgIpc) is 2.65. The van der Waals surface area contributed by atoms with Gasteiger partial charge in [-0.15, -0.1) is 0 Å². The first-order valence-electron chi connectivity index (χ1n) is 8.56. The molecule has 3 nitrogen and oxygen atoms in total. The highest BCUT2D eigenvalue weighted by atomic mass is 16.7. The van der Waals surface area contributed by atoms with E-state index in [4.69, 9.17) is 9.47 Å². The molecule has 3 aromatic carbocycles. The number of hydrogen-bond donors (Lipinski definition) is 0. The highest BCUT2D eigenvalue weighted by Gasteiger charge is 2.12. The number of ether oxygens (including phenoxy) is 2. The zero-order valence-corrected chi connectivity index (χ0v) is 14.6. The van der Waals surface area contributed by atoms with Crippen molar-refractivity contribution in [3.63, 3.8) is 0 Å². The maximum absolute atomic E-state index is 5.76. The molecule has 1 unspecified atom stereocenters. The largest absolute Gasteiger partial charge is 0.465 e. The van der Waals surface area contributed by atoms with Gasteiger partial charge in [0, 0.05) is 23.7 Å². The molecule has 0 aromatic heterocycles. The van der Waals surface area contributed by atoms with Crippen LogP contribution < -0.4 is 9.64 Å². The second-order valence-electron chi connectivity index (χ2n) is 5.64. The predicted molar refractivity (Wildman–Crippen MR) is 103 cm³/mol. The molecule has 0 heterocycles. The topological polar surface area (TPSA) is 21.7 Å². The van der Waals surface area contributed by atoms with Gasteiger partial charge >= 0.3 is 0 Å². The van der Waals surface area contributed by atoms with Gasteiger partial charge in [-0.2, -0.15) is 0 Å². The summed E-state index contributed by atoms with van der Waals surface area (Å²) < 4.78 is 11.2. The van der Waals surface area contributed by atoms with Crippen LogP contribution in [-0.2, 0) is 4.74 Å². The molecule has 0 aliphatic rings. The third-order valence-electron chi connectivity index (χ3n) is 3.83. The summed E-state index contributed by atoms with van der Waals surface area (Å²) in [5, 5.41) is 0. The van der Waals surface area contributed by atoms with Gasteiger partial charge in [-0.3, -0.25) is 0 Å². The molecule has 0 spiro atoms. The number of hydrogen-bond acceptors (Lipinski definition) is 3. The molecular formula is C22H23NO2. The lowest BCUT2D eigenvalue weighted by Gasteiger charge is -2.25. The van der Waals surface area contributed by atoms with E-state index >= 15 is 0 Å². The van der Waals surface area contributed by atoms with E-state index in [2.05, 4.69) is 41.3 Å². The second-order valence-corrected chi connectivity index (χ2v) is 5.64. The minimum Gasteiger partial charge on any atom is -0.465 e. The molecule has 128 valence electrons. The van der Waals surface area contributed by atoms with Crippen LogP contribution in [0.15, 0.2) is 84.9 Å². The Morgan fingerprint density at radius 3 is 1.68 bits per heavy atom. The summed E-state index contributed by atoms with van der Waals surface area (Å²) in [6.07, 6.45) is -0.254. The van der Waals surface area contributed by atoms with Crippen molar-refractivity contribution in [3.8, 4) is 5.75 Å². The van der Waals surface area contributed by atoms with E-state index in [1.807, 2.05) is 62.4 Å². The van der Waals surface area contributed by atoms with E-state index in [9.17, 15) is 0 Å². The lowest BCUT2D eigenvalue weighted by Crippen LogP contribution is -2.16. The summed E-state index contributed by atoms with van der Waals surface area (Å²) in [6.45, 7) is 4.49. The molecule has 3 aromatic rings. The molecule has 0 fully saturated rings. The first-order chi connectivity index (χ1) is 12.3. The van der Waals surface area contributed by atoms with Crippen molar-refractivity contribution >= 4 is 17.1 Å². The maximum atomic E-state index is 5.76. The zero-order valence-electron chi connectivity index (χ0n) is 14.6. The van der Waals surface area contributed by atoms with Gasteiger partial charge in [0.1, 0.15) is 5.75 Å². The lowest BCUT2D eigenvalue weighted by molar-refractivity contribution is -0.0613. The van der Waals surface area contributed by atoms with Gasteiger partial charge in [0.15, 0.2) is 6.29 Å². The molecule has 1 atom stereocenters. The van der Waals surface area contributed by atoms with Crippen molar-refractivity contribution in [2.45, 2.75) is 20.1 Å². The Balaban J connectivity index is 1.89. The summed E-state index contributed by atoms with van der Waals surface area (Å²) >= 11 is 0. The van der Waals surface area contributed by atoms with Gasteiger partial charge in [-0.05, 0) is 62.4 Å². The molecule has 3 heteroatoms. The van der Waals surface area contributed by atoms with Crippen molar-refractivity contribution in [2.24, 2.45) is 0 Å². The van der Waals surface area contributed by atoms with E-state index in [-0.39, 0.29) is 6.29 Å². The van der Waals surface area contributed by atoms with Gasteiger partial charge in [0.2, 0.25) is 0 Å². The van der Waals surface area contributed by atoms with E-state index in [0.717, 1.165) is 22.8 Å². The van der Waals surface area contributed by atoms with Gasteiger partial charge in [-0.1, -0.05) is 36.4 Å². The number of anilines is 3. The van der Waals surface area contributed by atoms with Crippen molar-refractivity contribution in [1.82, 2.24) is 0 Å². The molecule has 0 saturated heterocycles. The third-order valence-corrected chi connectivity index (χ3v) is 3.83. The van der Waals surface area contributed by atoms with Crippen LogP contribution in [0.4, 0.5) is 17.1 Å². The Kier molecular flexibility index (Phi) is 5.70. The minimum absolute atomic E-state index is 0.254. The molecule has 0 aliphatic carbocycles. The van der Waals surface area contributed by atoms with Crippen LogP contribution in [0.5, 0.6) is 5.75 Å². The van der Waals surface area contributed by atoms with Crippen LogP contribution in [0.2, 0.25) is 0 Å². The lowest BCUT2D eigenvalue weighted by atomic mass is 10.2. The summed E-state index contributed by atoms with van der Waals surface area (Å²) in [5.41, 5.74) is 3.31. The fourth-order valence-electron chi connectivity index (χ4n) is 2.74. The highest BCUT2D eigenvalue weighted by Crippen LogP contribution is 2.34. The summed E-state index contributed by atoms with van der Waals surface area (Å²) in [4.78, 5) is 2.22. The Morgan fingerprint density at radius 1 is 0.720 bits per heavy atom. The van der Waals surface area contributed by atoms with Crippen LogP contribution in [0.1, 0.15) is 13.8 Å². The third kappa shape index (κ3) is 4.40. The Bertz CT molecular complexity index is 718. The Hall–Kier alpha value is -2.78. The average molecular weight is 333 g/mol. The molecule has 0 radical (unpaired) electrons. The monoisotopic (exact) mass is 333 g/mol. The molecule has 0 saturated carbocycles. The summed E-state index contributed by atoms with van der Waals surface area (Å²) in [5.74, 6) is 0.797. The first kappa shape index (κ1) is 17.1. The van der Waals surface area contributed by atoms with Crippen molar-refractivity contribution in [1.29, 1.82) is 0 Å². The molecular weight excluding hydrogens is 310 g/mol. The van der Waals surface area contributed by atoms with E-state index in [1.165, 1.54) is 0 Å². The number of rotatable bonds is 7. The Labute approximate surface area is 149 Å². The van der Waals surface area contributed by atoms with Crippen molar-refractivity contribution < 1.29 is 9.47 Å². The van der Waals surface area contributed by atoms with Crippen LogP contribution in [0.25, 0.3) is 0 Å². The molecule has 0 amide bonds. The highest BCUT2D eigenvalue weighted by molar-refractivity contribution is 5.76. The van der Waals surface area contributed by atoms with Crippen molar-refractivity contribution in [3.05, 3.63) is 84.9 Å². The van der Waals surface area contributed by atoms with Crippen LogP contribution in [-0.4, -0.2) is 12.9 Å². The SMILES string of the molecule is CCOC(C)Oc1ccc(N(c2ccccc2)c2ccccc2)cc1. The van der Waals surface area contributed by atoms with E-state index in [0.29, 0.717) is 6.61 Å². The molecule has 0 bridgehead atoms. The second kappa shape index (κ2) is 8.36. The quantitative estimate of drug-likeness (QED) is 0.501. The van der Waals surface area contributed by atoms with Gasteiger partial charge < -0.3 is 14.4 Å². The normalized spacial score (nSPS) is 11.8. The predicted octanol–water partition coefficient (Wildman–Crippen LogP) is 5.92. The van der Waals surface area contributed by atoms with Gasteiger partial charge in [-0.25, -0.2) is 0 Å². The van der Waals surface area contributed by atoms with Gasteiger partial charge in [0.05, 0.1) is 0 Å². The van der Waals surface area contributed by atoms with Crippen LogP contribution >= 0.6 is 0 Å². The van der Waals surface area contributed by atoms with Gasteiger partial charge in [0.25, 0.3) is 0 Å². The van der Waals surface area contributed by atoms with E-state index < -0.39 is 0 Å². The summed E-state index contributed by atoms with van der Waals surface area (Å²) in [7, 11) is 0. The fraction of sp³-hybridized carbons (Fsp3) is 0.182.